The van der Waals surface area contributed by atoms with Crippen LogP contribution in [-0.2, 0) is 4.79 Å². The van der Waals surface area contributed by atoms with E-state index >= 15 is 0 Å². The maximum atomic E-state index is 11.7. The summed E-state index contributed by atoms with van der Waals surface area (Å²) in [6.07, 6.45) is 1.13. The topological polar surface area (TPSA) is 50.4 Å². The molecule has 0 saturated carbocycles. The van der Waals surface area contributed by atoms with Gasteiger partial charge in [-0.05, 0) is 44.5 Å². The number of hydrogen-bond donors (Lipinski definition) is 2. The number of amides is 1. The Labute approximate surface area is 108 Å². The molecule has 2 unspecified atom stereocenters. The number of carbonyl (C=O) groups excluding carboxylic acids is 1. The number of carbonyl (C=O) groups is 1. The van der Waals surface area contributed by atoms with Gasteiger partial charge in [0.1, 0.15) is 5.75 Å². The molecule has 0 aromatic heterocycles. The summed E-state index contributed by atoms with van der Waals surface area (Å²) in [6, 6.07) is 9.59. The van der Waals surface area contributed by atoms with Crippen molar-refractivity contribution in [2.45, 2.75) is 19.4 Å². The highest BCUT2D eigenvalue weighted by molar-refractivity contribution is 5.77. The van der Waals surface area contributed by atoms with Gasteiger partial charge < -0.3 is 15.4 Å². The monoisotopic (exact) mass is 248 g/mol. The van der Waals surface area contributed by atoms with Crippen LogP contribution in [-0.4, -0.2) is 31.6 Å². The highest BCUT2D eigenvalue weighted by Gasteiger charge is 2.22. The summed E-state index contributed by atoms with van der Waals surface area (Å²) in [5.74, 6) is 1.20. The molecule has 0 aliphatic carbocycles. The molecule has 0 spiro atoms. The summed E-state index contributed by atoms with van der Waals surface area (Å²) in [6.45, 7) is 4.17. The Morgan fingerprint density at radius 1 is 1.50 bits per heavy atom. The average molecular weight is 248 g/mol. The SMILES string of the molecule is CC(NC(=O)COc1ccccc1)C1CCNC1. The van der Waals surface area contributed by atoms with Gasteiger partial charge in [-0.2, -0.15) is 0 Å². The van der Waals surface area contributed by atoms with Crippen molar-refractivity contribution < 1.29 is 9.53 Å². The lowest BCUT2D eigenvalue weighted by Crippen LogP contribution is -2.41. The van der Waals surface area contributed by atoms with Crippen molar-refractivity contribution in [2.75, 3.05) is 19.7 Å². The largest absolute Gasteiger partial charge is 0.484 e. The fourth-order valence-electron chi connectivity index (χ4n) is 2.18. The molecule has 1 saturated heterocycles. The van der Waals surface area contributed by atoms with Crippen molar-refractivity contribution in [3.8, 4) is 5.75 Å². The number of benzene rings is 1. The summed E-state index contributed by atoms with van der Waals surface area (Å²) in [5, 5.41) is 6.29. The summed E-state index contributed by atoms with van der Waals surface area (Å²) < 4.78 is 5.40. The van der Waals surface area contributed by atoms with E-state index in [0.29, 0.717) is 5.92 Å². The fraction of sp³-hybridized carbons (Fsp3) is 0.500. The van der Waals surface area contributed by atoms with Crippen LogP contribution >= 0.6 is 0 Å². The summed E-state index contributed by atoms with van der Waals surface area (Å²) >= 11 is 0. The minimum absolute atomic E-state index is 0.0572. The second kappa shape index (κ2) is 6.40. The molecule has 4 nitrogen and oxygen atoms in total. The molecule has 2 N–H and O–H groups in total. The molecule has 1 aliphatic rings. The summed E-state index contributed by atoms with van der Waals surface area (Å²) in [5.41, 5.74) is 0. The van der Waals surface area contributed by atoms with Gasteiger partial charge in [0.25, 0.3) is 5.91 Å². The Balaban J connectivity index is 1.71. The van der Waals surface area contributed by atoms with Gasteiger partial charge >= 0.3 is 0 Å². The van der Waals surface area contributed by atoms with Gasteiger partial charge in [-0.15, -0.1) is 0 Å². The lowest BCUT2D eigenvalue weighted by molar-refractivity contribution is -0.124. The van der Waals surface area contributed by atoms with E-state index in [-0.39, 0.29) is 18.6 Å². The molecule has 2 atom stereocenters. The van der Waals surface area contributed by atoms with Crippen molar-refractivity contribution in [3.05, 3.63) is 30.3 Å². The first-order valence-electron chi connectivity index (χ1n) is 6.43. The van der Waals surface area contributed by atoms with E-state index in [1.807, 2.05) is 30.3 Å². The lowest BCUT2D eigenvalue weighted by atomic mass is 10.0. The number of hydrogen-bond acceptors (Lipinski definition) is 3. The molecule has 2 rings (SSSR count). The zero-order valence-electron chi connectivity index (χ0n) is 10.7. The van der Waals surface area contributed by atoms with Gasteiger partial charge in [0, 0.05) is 6.04 Å². The second-order valence-corrected chi connectivity index (χ2v) is 4.71. The van der Waals surface area contributed by atoms with Crippen LogP contribution < -0.4 is 15.4 Å². The van der Waals surface area contributed by atoms with E-state index in [2.05, 4.69) is 17.6 Å². The van der Waals surface area contributed by atoms with Crippen LogP contribution in [0.25, 0.3) is 0 Å². The van der Waals surface area contributed by atoms with Gasteiger partial charge in [-0.3, -0.25) is 4.79 Å². The zero-order valence-corrected chi connectivity index (χ0v) is 10.7. The molecule has 1 aromatic rings. The van der Waals surface area contributed by atoms with Crippen LogP contribution in [0, 0.1) is 5.92 Å². The Morgan fingerprint density at radius 3 is 2.94 bits per heavy atom. The molecule has 4 heteroatoms. The van der Waals surface area contributed by atoms with Gasteiger partial charge in [-0.25, -0.2) is 0 Å². The van der Waals surface area contributed by atoms with E-state index in [1.165, 1.54) is 0 Å². The predicted octanol–water partition coefficient (Wildman–Crippen LogP) is 1.18. The standard InChI is InChI=1S/C14H20N2O2/c1-11(12-7-8-15-9-12)16-14(17)10-18-13-5-3-2-4-6-13/h2-6,11-12,15H,7-10H2,1H3,(H,16,17). The molecule has 1 amide bonds. The smallest absolute Gasteiger partial charge is 0.258 e. The van der Waals surface area contributed by atoms with Gasteiger partial charge in [0.15, 0.2) is 6.61 Å². The molecule has 1 heterocycles. The highest BCUT2D eigenvalue weighted by atomic mass is 16.5. The minimum atomic E-state index is -0.0572. The van der Waals surface area contributed by atoms with Gasteiger partial charge in [0.05, 0.1) is 0 Å². The Morgan fingerprint density at radius 2 is 2.28 bits per heavy atom. The Kier molecular flexibility index (Phi) is 4.59. The first-order valence-corrected chi connectivity index (χ1v) is 6.43. The van der Waals surface area contributed by atoms with Crippen LogP contribution in [0.15, 0.2) is 30.3 Å². The van der Waals surface area contributed by atoms with Crippen molar-refractivity contribution in [3.63, 3.8) is 0 Å². The van der Waals surface area contributed by atoms with Crippen LogP contribution in [0.4, 0.5) is 0 Å². The number of nitrogens with one attached hydrogen (secondary N) is 2. The number of rotatable bonds is 5. The number of para-hydroxylation sites is 1. The molecule has 1 fully saturated rings. The second-order valence-electron chi connectivity index (χ2n) is 4.71. The summed E-state index contributed by atoms with van der Waals surface area (Å²) in [4.78, 5) is 11.7. The molecule has 1 aliphatic heterocycles. The maximum Gasteiger partial charge on any atom is 0.258 e. The zero-order chi connectivity index (χ0) is 12.8. The molecule has 18 heavy (non-hydrogen) atoms. The van der Waals surface area contributed by atoms with E-state index < -0.39 is 0 Å². The van der Waals surface area contributed by atoms with E-state index in [0.717, 1.165) is 25.3 Å². The van der Waals surface area contributed by atoms with Crippen molar-refractivity contribution in [2.24, 2.45) is 5.92 Å². The molecule has 98 valence electrons. The van der Waals surface area contributed by atoms with Crippen LogP contribution in [0.3, 0.4) is 0 Å². The average Bonchev–Trinajstić information content (AvgIpc) is 2.91. The molecule has 0 radical (unpaired) electrons. The van der Waals surface area contributed by atoms with Gasteiger partial charge in [-0.1, -0.05) is 18.2 Å². The third kappa shape index (κ3) is 3.74. The Bertz CT molecular complexity index is 375. The van der Waals surface area contributed by atoms with Gasteiger partial charge in [0.2, 0.25) is 0 Å². The van der Waals surface area contributed by atoms with Crippen molar-refractivity contribution in [1.29, 1.82) is 0 Å². The van der Waals surface area contributed by atoms with E-state index in [4.69, 9.17) is 4.74 Å². The third-order valence-electron chi connectivity index (χ3n) is 3.31. The highest BCUT2D eigenvalue weighted by Crippen LogP contribution is 2.12. The summed E-state index contributed by atoms with van der Waals surface area (Å²) in [7, 11) is 0. The third-order valence-corrected chi connectivity index (χ3v) is 3.31. The van der Waals surface area contributed by atoms with E-state index in [9.17, 15) is 4.79 Å². The maximum absolute atomic E-state index is 11.7. The molecule has 1 aromatic carbocycles. The molecular formula is C14H20N2O2. The molecular weight excluding hydrogens is 228 g/mol. The van der Waals surface area contributed by atoms with Crippen LogP contribution in [0.1, 0.15) is 13.3 Å². The van der Waals surface area contributed by atoms with E-state index in [1.54, 1.807) is 0 Å². The quantitative estimate of drug-likeness (QED) is 0.822. The van der Waals surface area contributed by atoms with Crippen LogP contribution in [0.2, 0.25) is 0 Å². The van der Waals surface area contributed by atoms with Crippen molar-refractivity contribution in [1.82, 2.24) is 10.6 Å². The number of ether oxygens (including phenoxy) is 1. The van der Waals surface area contributed by atoms with Crippen LogP contribution in [0.5, 0.6) is 5.75 Å². The van der Waals surface area contributed by atoms with Crippen molar-refractivity contribution >= 4 is 5.91 Å². The lowest BCUT2D eigenvalue weighted by Gasteiger charge is -2.19. The Hall–Kier alpha value is -1.55. The molecule has 0 bridgehead atoms. The first kappa shape index (κ1) is 12.9. The predicted molar refractivity (Wildman–Crippen MR) is 70.5 cm³/mol. The normalized spacial score (nSPS) is 20.4. The fourth-order valence-corrected chi connectivity index (χ4v) is 2.18. The first-order chi connectivity index (χ1) is 8.75. The minimum Gasteiger partial charge on any atom is -0.484 e.